The van der Waals surface area contributed by atoms with Crippen LogP contribution in [-0.4, -0.2) is 51.7 Å². The van der Waals surface area contributed by atoms with Gasteiger partial charge in [-0.25, -0.2) is 0 Å². The first-order valence-electron chi connectivity index (χ1n) is 10.9. The maximum absolute atomic E-state index is 11.7. The van der Waals surface area contributed by atoms with Crippen molar-refractivity contribution in [3.63, 3.8) is 0 Å². The van der Waals surface area contributed by atoms with Crippen molar-refractivity contribution in [2.45, 2.75) is 38.1 Å². The summed E-state index contributed by atoms with van der Waals surface area (Å²) in [5.74, 6) is 3.35. The Morgan fingerprint density at radius 3 is 2.74 bits per heavy atom. The zero-order valence-corrected chi connectivity index (χ0v) is 17.5. The van der Waals surface area contributed by atoms with Gasteiger partial charge in [0, 0.05) is 37.7 Å². The lowest BCUT2D eigenvalue weighted by Crippen LogP contribution is -2.36. The lowest BCUT2D eigenvalue weighted by atomic mass is 9.89. The monoisotopic (exact) mass is 419 g/mol. The highest BCUT2D eigenvalue weighted by Crippen LogP contribution is 2.41. The number of carbonyl (C=O) groups is 1. The van der Waals surface area contributed by atoms with Gasteiger partial charge in [-0.3, -0.25) is 9.20 Å². The third kappa shape index (κ3) is 3.00. The smallest absolute Gasteiger partial charge is 0.219 e. The van der Waals surface area contributed by atoms with Crippen LogP contribution in [0.2, 0.25) is 0 Å². The number of nitrogens with zero attached hydrogens (tertiary/aromatic N) is 4. The van der Waals surface area contributed by atoms with E-state index in [2.05, 4.69) is 27.6 Å². The predicted molar refractivity (Wildman–Crippen MR) is 115 cm³/mol. The molecule has 0 spiro atoms. The minimum Gasteiger partial charge on any atom is -0.493 e. The summed E-state index contributed by atoms with van der Waals surface area (Å²) in [6, 6.07) is 8.36. The Balaban J connectivity index is 1.38. The van der Waals surface area contributed by atoms with Gasteiger partial charge in [-0.2, -0.15) is 0 Å². The molecule has 5 heterocycles. The van der Waals surface area contributed by atoms with E-state index >= 15 is 0 Å². The molecule has 31 heavy (non-hydrogen) atoms. The number of benzene rings is 1. The first kappa shape index (κ1) is 18.5. The van der Waals surface area contributed by atoms with Crippen molar-refractivity contribution in [2.75, 3.05) is 31.6 Å². The second-order valence-corrected chi connectivity index (χ2v) is 8.62. The van der Waals surface area contributed by atoms with Crippen LogP contribution in [0.3, 0.4) is 0 Å². The highest BCUT2D eigenvalue weighted by molar-refractivity contribution is 5.73. The number of likely N-dealkylation sites (tertiary alicyclic amines) is 1. The second-order valence-electron chi connectivity index (χ2n) is 8.62. The van der Waals surface area contributed by atoms with Crippen LogP contribution in [0.4, 0.5) is 5.82 Å². The third-order valence-corrected chi connectivity index (χ3v) is 6.84. The van der Waals surface area contributed by atoms with Crippen LogP contribution in [0.15, 0.2) is 30.6 Å². The molecule has 0 aliphatic carbocycles. The fraction of sp³-hybridized carbons (Fsp3) is 0.435. The van der Waals surface area contributed by atoms with E-state index in [0.29, 0.717) is 25.7 Å². The molecule has 160 valence electrons. The Labute approximate surface area is 180 Å². The lowest BCUT2D eigenvalue weighted by molar-refractivity contribution is -0.129. The molecule has 2 aromatic heterocycles. The van der Waals surface area contributed by atoms with Crippen molar-refractivity contribution in [2.24, 2.45) is 0 Å². The van der Waals surface area contributed by atoms with Crippen molar-refractivity contribution in [3.8, 4) is 11.5 Å². The summed E-state index contributed by atoms with van der Waals surface area (Å²) >= 11 is 0. The maximum Gasteiger partial charge on any atom is 0.219 e. The van der Waals surface area contributed by atoms with Crippen molar-refractivity contribution >= 4 is 17.4 Å². The van der Waals surface area contributed by atoms with E-state index in [0.717, 1.165) is 54.5 Å². The van der Waals surface area contributed by atoms with Crippen molar-refractivity contribution in [1.29, 1.82) is 0 Å². The predicted octanol–water partition coefficient (Wildman–Crippen LogP) is 2.94. The summed E-state index contributed by atoms with van der Waals surface area (Å²) in [6.07, 6.45) is 3.58. The molecule has 8 heteroatoms. The van der Waals surface area contributed by atoms with Crippen LogP contribution in [0.1, 0.15) is 48.3 Å². The van der Waals surface area contributed by atoms with E-state index in [4.69, 9.17) is 9.47 Å². The Kier molecular flexibility index (Phi) is 4.26. The minimum absolute atomic E-state index is 0.144. The van der Waals surface area contributed by atoms with Crippen LogP contribution in [0, 0.1) is 0 Å². The number of nitrogens with one attached hydrogen (secondary N) is 1. The van der Waals surface area contributed by atoms with Crippen molar-refractivity contribution in [3.05, 3.63) is 47.3 Å². The van der Waals surface area contributed by atoms with Gasteiger partial charge in [0.25, 0.3) is 0 Å². The number of anilines is 1. The number of rotatable bonds is 1. The highest BCUT2D eigenvalue weighted by atomic mass is 16.5. The number of fused-ring (bicyclic) bond motifs is 3. The lowest BCUT2D eigenvalue weighted by Gasteiger charge is -2.32. The van der Waals surface area contributed by atoms with Crippen LogP contribution in [0.5, 0.6) is 11.5 Å². The number of piperidine rings is 1. The zero-order chi connectivity index (χ0) is 20.9. The highest BCUT2D eigenvalue weighted by Gasteiger charge is 2.31. The van der Waals surface area contributed by atoms with Gasteiger partial charge in [-0.1, -0.05) is 12.1 Å². The number of pyridine rings is 1. The number of hydrogen-bond donors (Lipinski definition) is 1. The van der Waals surface area contributed by atoms with Crippen LogP contribution < -0.4 is 14.8 Å². The quantitative estimate of drug-likeness (QED) is 0.653. The summed E-state index contributed by atoms with van der Waals surface area (Å²) in [5.41, 5.74) is 4.48. The molecule has 0 bridgehead atoms. The average Bonchev–Trinajstić information content (AvgIpc) is 3.44. The molecule has 3 aliphatic rings. The number of aromatic nitrogens is 3. The van der Waals surface area contributed by atoms with Gasteiger partial charge in [0.15, 0.2) is 17.2 Å². The third-order valence-electron chi connectivity index (χ3n) is 6.84. The summed E-state index contributed by atoms with van der Waals surface area (Å²) in [4.78, 5) is 13.6. The largest absolute Gasteiger partial charge is 0.493 e. The fourth-order valence-corrected chi connectivity index (χ4v) is 5.18. The van der Waals surface area contributed by atoms with Crippen LogP contribution in [0.25, 0.3) is 5.65 Å². The SMILES string of the molecule is CC(=O)N1CCC(c2cc3c(n4cnnc24)NCc2cccc4c2[C@H](CO4)CO3)CC1. The van der Waals surface area contributed by atoms with Gasteiger partial charge in [-0.05, 0) is 36.5 Å². The van der Waals surface area contributed by atoms with E-state index in [1.807, 2.05) is 21.4 Å². The molecule has 6 rings (SSSR count). The van der Waals surface area contributed by atoms with E-state index in [1.54, 1.807) is 13.3 Å². The van der Waals surface area contributed by atoms with E-state index in [1.165, 1.54) is 11.1 Å². The number of ether oxygens (including phenoxy) is 2. The summed E-state index contributed by atoms with van der Waals surface area (Å²) in [5, 5.41) is 12.2. The van der Waals surface area contributed by atoms with Gasteiger partial charge in [0.2, 0.25) is 5.91 Å². The standard InChI is InChI=1S/C23H25N5O3/c1-14(29)27-7-5-15(6-8-27)18-9-20-23(28-13-25-26-22(18)28)24-10-16-3-2-4-19-21(16)17(11-30-19)12-31-20/h2-4,9,13,15,17,24H,5-8,10-12H2,1H3/t17-/m1/s1. The molecule has 1 aromatic carbocycles. The molecule has 8 nitrogen and oxygen atoms in total. The molecule has 3 aromatic rings. The van der Waals surface area contributed by atoms with Gasteiger partial charge < -0.3 is 19.7 Å². The summed E-state index contributed by atoms with van der Waals surface area (Å²) in [6.45, 7) is 5.08. The fourth-order valence-electron chi connectivity index (χ4n) is 5.18. The molecule has 0 radical (unpaired) electrons. The van der Waals surface area contributed by atoms with E-state index in [9.17, 15) is 4.79 Å². The van der Waals surface area contributed by atoms with Crippen LogP contribution in [-0.2, 0) is 11.3 Å². The second kappa shape index (κ2) is 7.14. The van der Waals surface area contributed by atoms with Gasteiger partial charge in [0.05, 0.1) is 19.1 Å². The van der Waals surface area contributed by atoms with Crippen molar-refractivity contribution < 1.29 is 14.3 Å². The number of amides is 1. The molecule has 0 unspecified atom stereocenters. The maximum atomic E-state index is 11.7. The number of carbonyl (C=O) groups excluding carboxylic acids is 1. The molecular weight excluding hydrogens is 394 g/mol. The molecule has 1 amide bonds. The first-order chi connectivity index (χ1) is 15.2. The van der Waals surface area contributed by atoms with Gasteiger partial charge >= 0.3 is 0 Å². The normalized spacial score (nSPS) is 20.5. The molecule has 0 saturated carbocycles. The first-order valence-corrected chi connectivity index (χ1v) is 10.9. The van der Waals surface area contributed by atoms with Crippen LogP contribution >= 0.6 is 0 Å². The van der Waals surface area contributed by atoms with Gasteiger partial charge in [0.1, 0.15) is 12.1 Å². The molecule has 1 atom stereocenters. The molecular formula is C23H25N5O3. The zero-order valence-electron chi connectivity index (χ0n) is 17.5. The van der Waals surface area contributed by atoms with E-state index < -0.39 is 0 Å². The Morgan fingerprint density at radius 1 is 1.13 bits per heavy atom. The summed E-state index contributed by atoms with van der Waals surface area (Å²) < 4.78 is 14.3. The topological polar surface area (TPSA) is 81.0 Å². The number of hydrogen-bond acceptors (Lipinski definition) is 6. The summed E-state index contributed by atoms with van der Waals surface area (Å²) in [7, 11) is 0. The molecule has 1 N–H and O–H groups in total. The average molecular weight is 419 g/mol. The minimum atomic E-state index is 0.144. The van der Waals surface area contributed by atoms with E-state index in [-0.39, 0.29) is 11.8 Å². The van der Waals surface area contributed by atoms with Gasteiger partial charge in [-0.15, -0.1) is 10.2 Å². The molecule has 3 aliphatic heterocycles. The Morgan fingerprint density at radius 2 is 1.94 bits per heavy atom. The Hall–Kier alpha value is -3.29. The Bertz CT molecular complexity index is 1170. The molecule has 1 saturated heterocycles. The molecule has 1 fully saturated rings. The van der Waals surface area contributed by atoms with Crippen molar-refractivity contribution in [1.82, 2.24) is 19.5 Å².